The second-order valence-electron chi connectivity index (χ2n) is 4.35. The van der Waals surface area contributed by atoms with Crippen molar-refractivity contribution in [2.75, 3.05) is 13.1 Å². The summed E-state index contributed by atoms with van der Waals surface area (Å²) in [5.41, 5.74) is 2.14. The van der Waals surface area contributed by atoms with Crippen molar-refractivity contribution < 1.29 is 0 Å². The van der Waals surface area contributed by atoms with Crippen molar-refractivity contribution in [2.24, 2.45) is 4.99 Å². The van der Waals surface area contributed by atoms with Gasteiger partial charge in [-0.15, -0.1) is 0 Å². The molecule has 0 atom stereocenters. The highest BCUT2D eigenvalue weighted by Gasteiger charge is 2.01. The Labute approximate surface area is 119 Å². The molecule has 20 heavy (non-hydrogen) atoms. The third-order valence-corrected chi connectivity index (χ3v) is 2.76. The summed E-state index contributed by atoms with van der Waals surface area (Å²) >= 11 is 0. The molecular weight excluding hydrogens is 250 g/mol. The Morgan fingerprint density at radius 3 is 2.50 bits per heavy atom. The predicted octanol–water partition coefficient (Wildman–Crippen LogP) is 1.95. The summed E-state index contributed by atoms with van der Waals surface area (Å²) in [7, 11) is 0. The maximum atomic E-state index is 4.52. The molecule has 0 unspecified atom stereocenters. The first kappa shape index (κ1) is 14.1. The number of nitrogens with zero attached hydrogens (tertiary/aromatic N) is 3. The molecule has 0 saturated carbocycles. The largest absolute Gasteiger partial charge is 0.357 e. The lowest BCUT2D eigenvalue weighted by Gasteiger charge is -2.08. The van der Waals surface area contributed by atoms with E-state index in [0.29, 0.717) is 6.54 Å². The van der Waals surface area contributed by atoms with Crippen LogP contribution < -0.4 is 10.6 Å². The number of aliphatic imine (C=N–C) groups is 1. The monoisotopic (exact) mass is 271 g/mol. The lowest BCUT2D eigenvalue weighted by atomic mass is 10.3. The molecule has 1 aromatic heterocycles. The van der Waals surface area contributed by atoms with Gasteiger partial charge >= 0.3 is 0 Å². The summed E-state index contributed by atoms with van der Waals surface area (Å²) in [6.45, 7) is 6.44. The summed E-state index contributed by atoms with van der Waals surface area (Å²) in [6, 6.07) is 10.1. The first-order chi connectivity index (χ1) is 9.83. The molecule has 2 aromatic rings. The van der Waals surface area contributed by atoms with Gasteiger partial charge in [-0.2, -0.15) is 5.10 Å². The molecule has 0 amide bonds. The summed E-state index contributed by atoms with van der Waals surface area (Å²) < 4.78 is 1.87. The van der Waals surface area contributed by atoms with Crippen molar-refractivity contribution >= 4 is 5.96 Å². The van der Waals surface area contributed by atoms with Gasteiger partial charge in [0.15, 0.2) is 5.96 Å². The van der Waals surface area contributed by atoms with Crippen LogP contribution in [0, 0.1) is 0 Å². The number of nitrogens with one attached hydrogen (secondary N) is 2. The molecule has 0 bridgehead atoms. The lowest BCUT2D eigenvalue weighted by molar-refractivity contribution is 0.839. The van der Waals surface area contributed by atoms with Crippen LogP contribution in [0.5, 0.6) is 0 Å². The molecule has 2 rings (SSSR count). The fourth-order valence-corrected chi connectivity index (χ4v) is 1.84. The predicted molar refractivity (Wildman–Crippen MR) is 82.1 cm³/mol. The van der Waals surface area contributed by atoms with Gasteiger partial charge in [-0.25, -0.2) is 9.67 Å². The fourth-order valence-electron chi connectivity index (χ4n) is 1.84. The number of guanidine groups is 1. The van der Waals surface area contributed by atoms with Crippen molar-refractivity contribution in [3.05, 3.63) is 48.3 Å². The van der Waals surface area contributed by atoms with E-state index < -0.39 is 0 Å². The summed E-state index contributed by atoms with van der Waals surface area (Å²) in [5.74, 6) is 0.836. The fraction of sp³-hybridized carbons (Fsp3) is 0.333. The number of hydrogen-bond acceptors (Lipinski definition) is 2. The number of rotatable bonds is 5. The van der Waals surface area contributed by atoms with E-state index in [1.807, 2.05) is 47.4 Å². The van der Waals surface area contributed by atoms with Crippen molar-refractivity contribution in [3.63, 3.8) is 0 Å². The average molecular weight is 271 g/mol. The minimum absolute atomic E-state index is 0.613. The second-order valence-corrected chi connectivity index (χ2v) is 4.35. The molecule has 0 fully saturated rings. The first-order valence-corrected chi connectivity index (χ1v) is 6.94. The Morgan fingerprint density at radius 2 is 1.85 bits per heavy atom. The Balaban J connectivity index is 2.04. The van der Waals surface area contributed by atoms with Gasteiger partial charge in [-0.1, -0.05) is 18.2 Å². The van der Waals surface area contributed by atoms with Crippen molar-refractivity contribution in [1.29, 1.82) is 0 Å². The van der Waals surface area contributed by atoms with Crippen LogP contribution >= 0.6 is 0 Å². The molecule has 0 aliphatic carbocycles. The SMILES string of the molecule is CCNC(=NCc1cnn(-c2ccccc2)c1)NCC. The quantitative estimate of drug-likeness (QED) is 0.645. The van der Waals surface area contributed by atoms with Crippen LogP contribution in [0.25, 0.3) is 5.69 Å². The number of hydrogen-bond donors (Lipinski definition) is 2. The van der Waals surface area contributed by atoms with Crippen LogP contribution in [0.4, 0.5) is 0 Å². The third kappa shape index (κ3) is 3.85. The van der Waals surface area contributed by atoms with Gasteiger partial charge in [0.05, 0.1) is 18.4 Å². The van der Waals surface area contributed by atoms with Gasteiger partial charge in [0, 0.05) is 24.8 Å². The average Bonchev–Trinajstić information content (AvgIpc) is 2.95. The molecule has 1 heterocycles. The van der Waals surface area contributed by atoms with Crippen LogP contribution in [-0.2, 0) is 6.54 Å². The van der Waals surface area contributed by atoms with Crippen molar-refractivity contribution in [2.45, 2.75) is 20.4 Å². The Bertz CT molecular complexity index is 536. The van der Waals surface area contributed by atoms with E-state index in [1.54, 1.807) is 0 Å². The summed E-state index contributed by atoms with van der Waals surface area (Å²) in [5, 5.41) is 10.8. The normalized spacial score (nSPS) is 10.1. The highest BCUT2D eigenvalue weighted by Crippen LogP contribution is 2.08. The molecule has 5 nitrogen and oxygen atoms in total. The topological polar surface area (TPSA) is 54.2 Å². The number of para-hydroxylation sites is 1. The molecule has 0 spiro atoms. The van der Waals surface area contributed by atoms with E-state index in [0.717, 1.165) is 30.3 Å². The zero-order chi connectivity index (χ0) is 14.2. The summed E-state index contributed by atoms with van der Waals surface area (Å²) in [6.07, 6.45) is 3.86. The second kappa shape index (κ2) is 7.33. The van der Waals surface area contributed by atoms with Gasteiger partial charge in [0.25, 0.3) is 0 Å². The smallest absolute Gasteiger partial charge is 0.191 e. The number of benzene rings is 1. The first-order valence-electron chi connectivity index (χ1n) is 6.94. The molecule has 1 aromatic carbocycles. The zero-order valence-electron chi connectivity index (χ0n) is 12.0. The number of aromatic nitrogens is 2. The molecule has 2 N–H and O–H groups in total. The van der Waals surface area contributed by atoms with Gasteiger partial charge in [0.1, 0.15) is 0 Å². The van der Waals surface area contributed by atoms with E-state index in [4.69, 9.17) is 0 Å². The van der Waals surface area contributed by atoms with Crippen molar-refractivity contribution in [1.82, 2.24) is 20.4 Å². The lowest BCUT2D eigenvalue weighted by Crippen LogP contribution is -2.36. The third-order valence-electron chi connectivity index (χ3n) is 2.76. The van der Waals surface area contributed by atoms with Crippen LogP contribution in [0.3, 0.4) is 0 Å². The van der Waals surface area contributed by atoms with Crippen LogP contribution in [-0.4, -0.2) is 28.8 Å². The van der Waals surface area contributed by atoms with Crippen LogP contribution in [0.2, 0.25) is 0 Å². The van der Waals surface area contributed by atoms with E-state index in [9.17, 15) is 0 Å². The standard InChI is InChI=1S/C15H21N5/c1-3-16-15(17-4-2)18-10-13-11-19-20(12-13)14-8-6-5-7-9-14/h5-9,11-12H,3-4,10H2,1-2H3,(H2,16,17,18). The highest BCUT2D eigenvalue weighted by atomic mass is 15.3. The Hall–Kier alpha value is -2.30. The van der Waals surface area contributed by atoms with Gasteiger partial charge < -0.3 is 10.6 Å². The van der Waals surface area contributed by atoms with Crippen LogP contribution in [0.1, 0.15) is 19.4 Å². The van der Waals surface area contributed by atoms with Gasteiger partial charge in [-0.3, -0.25) is 0 Å². The molecular formula is C15H21N5. The van der Waals surface area contributed by atoms with E-state index in [-0.39, 0.29) is 0 Å². The Kier molecular flexibility index (Phi) is 5.17. The molecule has 0 saturated heterocycles. The minimum atomic E-state index is 0.613. The van der Waals surface area contributed by atoms with Crippen LogP contribution in [0.15, 0.2) is 47.7 Å². The zero-order valence-corrected chi connectivity index (χ0v) is 12.0. The molecule has 0 aliphatic heterocycles. The molecule has 106 valence electrons. The molecule has 0 radical (unpaired) electrons. The maximum absolute atomic E-state index is 4.52. The van der Waals surface area contributed by atoms with E-state index in [1.165, 1.54) is 0 Å². The highest BCUT2D eigenvalue weighted by molar-refractivity contribution is 5.79. The van der Waals surface area contributed by atoms with Gasteiger partial charge in [0.2, 0.25) is 0 Å². The minimum Gasteiger partial charge on any atom is -0.357 e. The molecule has 5 heteroatoms. The maximum Gasteiger partial charge on any atom is 0.191 e. The summed E-state index contributed by atoms with van der Waals surface area (Å²) in [4.78, 5) is 4.52. The van der Waals surface area contributed by atoms with Gasteiger partial charge in [-0.05, 0) is 26.0 Å². The Morgan fingerprint density at radius 1 is 1.15 bits per heavy atom. The van der Waals surface area contributed by atoms with E-state index >= 15 is 0 Å². The van der Waals surface area contributed by atoms with Crippen molar-refractivity contribution in [3.8, 4) is 5.69 Å². The van der Waals surface area contributed by atoms with E-state index in [2.05, 4.69) is 34.6 Å². The molecule has 0 aliphatic rings.